The molecule has 3 N–H and O–H groups in total. The minimum absolute atomic E-state index is 0.149. The summed E-state index contributed by atoms with van der Waals surface area (Å²) in [6, 6.07) is 0.150. The summed E-state index contributed by atoms with van der Waals surface area (Å²) < 4.78 is 5.10. The van der Waals surface area contributed by atoms with Crippen molar-refractivity contribution in [2.24, 2.45) is 0 Å². The number of alkyl carbamates (subject to hydrolysis) is 1. The number of hydrogen-bond donors (Lipinski definition) is 3. The molecule has 0 saturated heterocycles. The third-order valence-corrected chi connectivity index (χ3v) is 2.17. The molecule has 1 amide bonds. The first-order chi connectivity index (χ1) is 7.89. The van der Waals surface area contributed by atoms with E-state index in [1.54, 1.807) is 0 Å². The molecule has 1 unspecified atom stereocenters. The van der Waals surface area contributed by atoms with Gasteiger partial charge in [-0.2, -0.15) is 0 Å². The number of aliphatic hydroxyl groups is 1. The highest BCUT2D eigenvalue weighted by Gasteiger charge is 2.15. The van der Waals surface area contributed by atoms with Crippen LogP contribution in [0.5, 0.6) is 0 Å². The maximum Gasteiger partial charge on any atom is 0.407 e. The molecule has 0 saturated carbocycles. The summed E-state index contributed by atoms with van der Waals surface area (Å²) in [7, 11) is 0. The molecule has 1 atom stereocenters. The van der Waals surface area contributed by atoms with E-state index in [0.29, 0.717) is 6.54 Å². The summed E-state index contributed by atoms with van der Waals surface area (Å²) in [6.07, 6.45) is 1.33. The molecule has 0 rings (SSSR count). The minimum atomic E-state index is -0.452. The zero-order valence-corrected chi connectivity index (χ0v) is 11.4. The van der Waals surface area contributed by atoms with Gasteiger partial charge in [0.25, 0.3) is 0 Å². The van der Waals surface area contributed by atoms with E-state index < -0.39 is 5.60 Å². The Labute approximate surface area is 104 Å². The molecule has 0 aliphatic rings. The molecule has 0 aromatic heterocycles. The van der Waals surface area contributed by atoms with E-state index in [1.807, 2.05) is 27.7 Å². The molecular formula is C12H26N2O3. The van der Waals surface area contributed by atoms with Crippen LogP contribution in [-0.2, 0) is 4.74 Å². The van der Waals surface area contributed by atoms with E-state index in [-0.39, 0.29) is 18.7 Å². The molecule has 0 aromatic rings. The molecule has 5 heteroatoms. The van der Waals surface area contributed by atoms with Gasteiger partial charge in [-0.05, 0) is 40.2 Å². The van der Waals surface area contributed by atoms with Crippen LogP contribution in [0, 0.1) is 0 Å². The highest BCUT2D eigenvalue weighted by molar-refractivity contribution is 5.67. The summed E-state index contributed by atoms with van der Waals surface area (Å²) in [5.74, 6) is 0. The van der Waals surface area contributed by atoms with Crippen molar-refractivity contribution in [1.29, 1.82) is 0 Å². The molecule has 0 bridgehead atoms. The quantitative estimate of drug-likeness (QED) is 0.591. The van der Waals surface area contributed by atoms with Gasteiger partial charge in [0, 0.05) is 12.6 Å². The predicted octanol–water partition coefficient (Wildman–Crippen LogP) is 1.26. The number of aliphatic hydroxyl groups excluding tert-OH is 1. The fourth-order valence-corrected chi connectivity index (χ4v) is 1.24. The summed E-state index contributed by atoms with van der Waals surface area (Å²) >= 11 is 0. The Bertz CT molecular complexity index is 210. The normalized spacial score (nSPS) is 13.2. The Balaban J connectivity index is 3.49. The SMILES string of the molecule is CCC(CO)NCCCNC(=O)OC(C)(C)C. The van der Waals surface area contributed by atoms with Crippen LogP contribution >= 0.6 is 0 Å². The van der Waals surface area contributed by atoms with Crippen LogP contribution in [0.25, 0.3) is 0 Å². The number of carbonyl (C=O) groups is 1. The van der Waals surface area contributed by atoms with E-state index in [9.17, 15) is 4.79 Å². The smallest absolute Gasteiger partial charge is 0.407 e. The lowest BCUT2D eigenvalue weighted by Gasteiger charge is -2.19. The van der Waals surface area contributed by atoms with Crippen LogP contribution in [0.2, 0.25) is 0 Å². The van der Waals surface area contributed by atoms with Gasteiger partial charge in [-0.15, -0.1) is 0 Å². The van der Waals surface area contributed by atoms with Gasteiger partial charge in [0.1, 0.15) is 5.60 Å². The van der Waals surface area contributed by atoms with Crippen molar-refractivity contribution in [3.05, 3.63) is 0 Å². The van der Waals surface area contributed by atoms with E-state index >= 15 is 0 Å². The first-order valence-electron chi connectivity index (χ1n) is 6.20. The van der Waals surface area contributed by atoms with E-state index in [2.05, 4.69) is 10.6 Å². The fourth-order valence-electron chi connectivity index (χ4n) is 1.24. The van der Waals surface area contributed by atoms with Crippen LogP contribution in [0.3, 0.4) is 0 Å². The van der Waals surface area contributed by atoms with Gasteiger partial charge in [0.15, 0.2) is 0 Å². The molecule has 102 valence electrons. The predicted molar refractivity (Wildman–Crippen MR) is 68.0 cm³/mol. The Kier molecular flexibility index (Phi) is 7.91. The number of nitrogens with one attached hydrogen (secondary N) is 2. The lowest BCUT2D eigenvalue weighted by Crippen LogP contribution is -2.36. The van der Waals surface area contributed by atoms with E-state index in [0.717, 1.165) is 19.4 Å². The number of amides is 1. The first kappa shape index (κ1) is 16.2. The minimum Gasteiger partial charge on any atom is -0.444 e. The Hall–Kier alpha value is -0.810. The number of hydrogen-bond acceptors (Lipinski definition) is 4. The number of rotatable bonds is 7. The van der Waals surface area contributed by atoms with Crippen molar-refractivity contribution in [3.8, 4) is 0 Å². The number of carbonyl (C=O) groups excluding carboxylic acids is 1. The zero-order valence-electron chi connectivity index (χ0n) is 11.4. The summed E-state index contributed by atoms with van der Waals surface area (Å²) in [5.41, 5.74) is -0.452. The lowest BCUT2D eigenvalue weighted by atomic mass is 10.2. The van der Waals surface area contributed by atoms with Crippen molar-refractivity contribution in [3.63, 3.8) is 0 Å². The summed E-state index contributed by atoms with van der Waals surface area (Å²) in [4.78, 5) is 11.3. The van der Waals surface area contributed by atoms with Gasteiger partial charge in [-0.25, -0.2) is 4.79 Å². The maximum absolute atomic E-state index is 11.3. The molecule has 0 radical (unpaired) electrons. The van der Waals surface area contributed by atoms with E-state index in [4.69, 9.17) is 9.84 Å². The van der Waals surface area contributed by atoms with Crippen LogP contribution < -0.4 is 10.6 Å². The molecule has 0 fully saturated rings. The molecular weight excluding hydrogens is 220 g/mol. The van der Waals surface area contributed by atoms with Gasteiger partial charge < -0.3 is 20.5 Å². The Morgan fingerprint density at radius 1 is 1.35 bits per heavy atom. The van der Waals surface area contributed by atoms with Crippen LogP contribution in [0.1, 0.15) is 40.5 Å². The topological polar surface area (TPSA) is 70.6 Å². The Morgan fingerprint density at radius 2 is 2.00 bits per heavy atom. The average Bonchev–Trinajstić information content (AvgIpc) is 2.21. The monoisotopic (exact) mass is 246 g/mol. The second-order valence-corrected chi connectivity index (χ2v) is 5.02. The fraction of sp³-hybridized carbons (Fsp3) is 0.917. The summed E-state index contributed by atoms with van der Waals surface area (Å²) in [6.45, 7) is 9.02. The standard InChI is InChI=1S/C12H26N2O3/c1-5-10(9-15)13-7-6-8-14-11(16)17-12(2,3)4/h10,13,15H,5-9H2,1-4H3,(H,14,16). The molecule has 17 heavy (non-hydrogen) atoms. The van der Waals surface area contributed by atoms with Gasteiger partial charge in [0.2, 0.25) is 0 Å². The van der Waals surface area contributed by atoms with Crippen molar-refractivity contribution >= 4 is 6.09 Å². The van der Waals surface area contributed by atoms with Gasteiger partial charge in [-0.1, -0.05) is 6.92 Å². The van der Waals surface area contributed by atoms with Gasteiger partial charge in [-0.3, -0.25) is 0 Å². The highest BCUT2D eigenvalue weighted by Crippen LogP contribution is 2.06. The number of ether oxygens (including phenoxy) is 1. The van der Waals surface area contributed by atoms with Crippen LogP contribution in [-0.4, -0.2) is 42.5 Å². The molecule has 0 aromatic carbocycles. The zero-order chi connectivity index (χ0) is 13.3. The summed E-state index contributed by atoms with van der Waals surface area (Å²) in [5, 5.41) is 14.8. The second-order valence-electron chi connectivity index (χ2n) is 5.02. The maximum atomic E-state index is 11.3. The van der Waals surface area contributed by atoms with E-state index in [1.165, 1.54) is 0 Å². The third-order valence-electron chi connectivity index (χ3n) is 2.17. The second kappa shape index (κ2) is 8.31. The van der Waals surface area contributed by atoms with Gasteiger partial charge >= 0.3 is 6.09 Å². The molecule has 0 aliphatic carbocycles. The van der Waals surface area contributed by atoms with Crippen LogP contribution in [0.15, 0.2) is 0 Å². The average molecular weight is 246 g/mol. The lowest BCUT2D eigenvalue weighted by molar-refractivity contribution is 0.0527. The molecule has 0 aliphatic heterocycles. The van der Waals surface area contributed by atoms with Crippen molar-refractivity contribution in [2.45, 2.75) is 52.2 Å². The van der Waals surface area contributed by atoms with Gasteiger partial charge in [0.05, 0.1) is 6.61 Å². The third kappa shape index (κ3) is 10.1. The Morgan fingerprint density at radius 3 is 2.47 bits per heavy atom. The largest absolute Gasteiger partial charge is 0.444 e. The molecule has 0 heterocycles. The molecule has 5 nitrogen and oxygen atoms in total. The highest BCUT2D eigenvalue weighted by atomic mass is 16.6. The first-order valence-corrected chi connectivity index (χ1v) is 6.20. The van der Waals surface area contributed by atoms with Crippen molar-refractivity contribution < 1.29 is 14.6 Å². The molecule has 0 spiro atoms. The van der Waals surface area contributed by atoms with Crippen molar-refractivity contribution in [1.82, 2.24) is 10.6 Å². The van der Waals surface area contributed by atoms with Crippen molar-refractivity contribution in [2.75, 3.05) is 19.7 Å². The van der Waals surface area contributed by atoms with Crippen LogP contribution in [0.4, 0.5) is 4.79 Å².